The van der Waals surface area contributed by atoms with Crippen molar-refractivity contribution in [2.75, 3.05) is 0 Å². The highest BCUT2D eigenvalue weighted by molar-refractivity contribution is 8.26. The van der Waals surface area contributed by atoms with Gasteiger partial charge in [0.1, 0.15) is 15.5 Å². The summed E-state index contributed by atoms with van der Waals surface area (Å²) in [6, 6.07) is 18.7. The van der Waals surface area contributed by atoms with E-state index in [1.165, 1.54) is 33.6 Å². The van der Waals surface area contributed by atoms with Crippen molar-refractivity contribution in [2.24, 2.45) is 0 Å². The van der Waals surface area contributed by atoms with Gasteiger partial charge in [0.2, 0.25) is 5.88 Å². The van der Waals surface area contributed by atoms with Crippen molar-refractivity contribution in [2.45, 2.75) is 19.9 Å². The third kappa shape index (κ3) is 4.31. The van der Waals surface area contributed by atoms with Gasteiger partial charge >= 0.3 is 0 Å². The lowest BCUT2D eigenvalue weighted by atomic mass is 10.1. The van der Waals surface area contributed by atoms with Crippen molar-refractivity contribution in [3.05, 3.63) is 111 Å². The zero-order chi connectivity index (χ0) is 25.4. The molecule has 0 bridgehead atoms. The largest absolute Gasteiger partial charge is 0.435 e. The molecule has 0 aliphatic carbocycles. The van der Waals surface area contributed by atoms with Crippen molar-refractivity contribution in [3.63, 3.8) is 0 Å². The SMILES string of the molecule is Cc1cccn2c(=O)c(/C=C3/SC(=S)N(C(C)c4ccccc4)C3=O)c(Oc3ccccc3F)nc12. The number of halogens is 1. The summed E-state index contributed by atoms with van der Waals surface area (Å²) < 4.78 is 21.9. The molecular formula is C27H20FN3O3S2. The number of benzene rings is 2. The van der Waals surface area contributed by atoms with E-state index >= 15 is 0 Å². The summed E-state index contributed by atoms with van der Waals surface area (Å²) in [5, 5.41) is 0. The van der Waals surface area contributed by atoms with Crippen LogP contribution in [0.3, 0.4) is 0 Å². The summed E-state index contributed by atoms with van der Waals surface area (Å²) in [6.45, 7) is 3.70. The van der Waals surface area contributed by atoms with Gasteiger partial charge in [0.05, 0.1) is 10.9 Å². The van der Waals surface area contributed by atoms with E-state index in [-0.39, 0.29) is 34.0 Å². The topological polar surface area (TPSA) is 63.9 Å². The van der Waals surface area contributed by atoms with Gasteiger partial charge in [0.15, 0.2) is 11.6 Å². The Balaban J connectivity index is 1.62. The number of carbonyl (C=O) groups excluding carboxylic acids is 1. The van der Waals surface area contributed by atoms with Crippen LogP contribution >= 0.6 is 24.0 Å². The Morgan fingerprint density at radius 1 is 1.06 bits per heavy atom. The standard InChI is InChI=1S/C27H20FN3O3S2/c1-16-9-8-14-30-23(16)29-24(34-21-13-7-6-12-20(21)28)19(25(30)32)15-22-26(33)31(27(35)36-22)17(2)18-10-4-3-5-11-18/h3-15,17H,1-2H3/b22-15+. The van der Waals surface area contributed by atoms with Crippen molar-refractivity contribution in [1.29, 1.82) is 0 Å². The van der Waals surface area contributed by atoms with E-state index in [0.29, 0.717) is 9.97 Å². The molecule has 0 spiro atoms. The van der Waals surface area contributed by atoms with Crippen LogP contribution in [0.1, 0.15) is 29.7 Å². The number of ether oxygens (including phenoxy) is 1. The van der Waals surface area contributed by atoms with E-state index in [1.54, 1.807) is 18.3 Å². The van der Waals surface area contributed by atoms with Crippen LogP contribution < -0.4 is 10.3 Å². The van der Waals surface area contributed by atoms with Crippen LogP contribution in [-0.2, 0) is 4.79 Å². The predicted octanol–water partition coefficient (Wildman–Crippen LogP) is 5.90. The molecule has 1 aliphatic rings. The maximum absolute atomic E-state index is 14.4. The van der Waals surface area contributed by atoms with Gasteiger partial charge in [-0.15, -0.1) is 0 Å². The van der Waals surface area contributed by atoms with Gasteiger partial charge in [-0.1, -0.05) is 72.5 Å². The summed E-state index contributed by atoms with van der Waals surface area (Å²) in [7, 11) is 0. The van der Waals surface area contributed by atoms with E-state index in [1.807, 2.05) is 50.2 Å². The number of hydrogen-bond donors (Lipinski definition) is 0. The molecule has 2 aromatic heterocycles. The summed E-state index contributed by atoms with van der Waals surface area (Å²) >= 11 is 6.61. The highest BCUT2D eigenvalue weighted by Crippen LogP contribution is 2.38. The van der Waals surface area contributed by atoms with Gasteiger partial charge in [0, 0.05) is 6.20 Å². The molecule has 6 nitrogen and oxygen atoms in total. The molecule has 0 radical (unpaired) electrons. The van der Waals surface area contributed by atoms with Gasteiger partial charge in [-0.2, -0.15) is 4.98 Å². The van der Waals surface area contributed by atoms with Crippen molar-refractivity contribution in [3.8, 4) is 11.6 Å². The van der Waals surface area contributed by atoms with Crippen LogP contribution in [0.2, 0.25) is 0 Å². The van der Waals surface area contributed by atoms with Crippen LogP contribution in [-0.4, -0.2) is 24.5 Å². The normalized spacial score (nSPS) is 15.6. The molecule has 1 atom stereocenters. The summed E-state index contributed by atoms with van der Waals surface area (Å²) in [5.74, 6) is -1.10. The number of aryl methyl sites for hydroxylation is 1. The first kappa shape index (κ1) is 23.9. The van der Waals surface area contributed by atoms with Gasteiger partial charge in [-0.3, -0.25) is 18.9 Å². The van der Waals surface area contributed by atoms with E-state index in [4.69, 9.17) is 17.0 Å². The molecular weight excluding hydrogens is 497 g/mol. The Labute approximate surface area is 216 Å². The first-order valence-electron chi connectivity index (χ1n) is 11.1. The van der Waals surface area contributed by atoms with Gasteiger partial charge in [-0.05, 0) is 49.2 Å². The lowest BCUT2D eigenvalue weighted by molar-refractivity contribution is -0.123. The fourth-order valence-corrected chi connectivity index (χ4v) is 5.35. The van der Waals surface area contributed by atoms with Crippen molar-refractivity contribution >= 4 is 45.9 Å². The Morgan fingerprint density at radius 2 is 1.78 bits per heavy atom. The maximum Gasteiger partial charge on any atom is 0.269 e. The number of para-hydroxylation sites is 1. The Hall–Kier alpha value is -3.82. The first-order valence-corrected chi connectivity index (χ1v) is 12.3. The lowest BCUT2D eigenvalue weighted by Crippen LogP contribution is -2.31. The molecule has 1 aliphatic heterocycles. The zero-order valence-electron chi connectivity index (χ0n) is 19.3. The highest BCUT2D eigenvalue weighted by atomic mass is 32.2. The number of thioether (sulfide) groups is 1. The molecule has 5 rings (SSSR count). The Bertz CT molecular complexity index is 1600. The quantitative estimate of drug-likeness (QED) is 0.243. The van der Waals surface area contributed by atoms with E-state index in [9.17, 15) is 14.0 Å². The molecule has 1 saturated heterocycles. The number of amides is 1. The second kappa shape index (κ2) is 9.67. The number of hydrogen-bond acceptors (Lipinski definition) is 6. The smallest absolute Gasteiger partial charge is 0.269 e. The molecule has 1 fully saturated rings. The van der Waals surface area contributed by atoms with Crippen LogP contribution in [0, 0.1) is 12.7 Å². The Morgan fingerprint density at radius 3 is 2.53 bits per heavy atom. The third-order valence-corrected chi connectivity index (χ3v) is 7.19. The molecule has 3 heterocycles. The van der Waals surface area contributed by atoms with E-state index in [2.05, 4.69) is 4.98 Å². The fraction of sp³-hybridized carbons (Fsp3) is 0.111. The molecule has 2 aromatic carbocycles. The average Bonchev–Trinajstić information content (AvgIpc) is 3.16. The molecule has 4 aromatic rings. The minimum atomic E-state index is -0.599. The van der Waals surface area contributed by atoms with Crippen LogP contribution in [0.25, 0.3) is 11.7 Å². The summed E-state index contributed by atoms with van der Waals surface area (Å²) in [6.07, 6.45) is 3.02. The minimum absolute atomic E-state index is 0.0224. The van der Waals surface area contributed by atoms with Crippen LogP contribution in [0.4, 0.5) is 4.39 Å². The second-order valence-corrected chi connectivity index (χ2v) is 9.87. The number of carbonyl (C=O) groups is 1. The number of nitrogens with zero attached hydrogens (tertiary/aromatic N) is 3. The number of aromatic nitrogens is 2. The first-order chi connectivity index (χ1) is 17.3. The molecule has 1 unspecified atom stereocenters. The fourth-order valence-electron chi connectivity index (χ4n) is 3.95. The average molecular weight is 518 g/mol. The van der Waals surface area contributed by atoms with Crippen LogP contribution in [0.15, 0.2) is 82.6 Å². The van der Waals surface area contributed by atoms with Gasteiger partial charge in [0.25, 0.3) is 11.5 Å². The van der Waals surface area contributed by atoms with Gasteiger partial charge in [-0.25, -0.2) is 4.39 Å². The maximum atomic E-state index is 14.4. The van der Waals surface area contributed by atoms with Crippen molar-refractivity contribution < 1.29 is 13.9 Å². The third-order valence-electron chi connectivity index (χ3n) is 5.86. The molecule has 0 saturated carbocycles. The van der Waals surface area contributed by atoms with E-state index in [0.717, 1.165) is 22.9 Å². The molecule has 36 heavy (non-hydrogen) atoms. The molecule has 180 valence electrons. The predicted molar refractivity (Wildman–Crippen MR) is 143 cm³/mol. The second-order valence-electron chi connectivity index (χ2n) is 8.19. The number of thiocarbonyl (C=S) groups is 1. The number of pyridine rings is 1. The highest BCUT2D eigenvalue weighted by Gasteiger charge is 2.36. The van der Waals surface area contributed by atoms with E-state index < -0.39 is 11.4 Å². The van der Waals surface area contributed by atoms with Crippen molar-refractivity contribution in [1.82, 2.24) is 14.3 Å². The number of rotatable bonds is 5. The monoisotopic (exact) mass is 517 g/mol. The van der Waals surface area contributed by atoms with Crippen LogP contribution in [0.5, 0.6) is 11.6 Å². The van der Waals surface area contributed by atoms with Gasteiger partial charge < -0.3 is 4.74 Å². The number of fused-ring (bicyclic) bond motifs is 1. The minimum Gasteiger partial charge on any atom is -0.435 e. The summed E-state index contributed by atoms with van der Waals surface area (Å²) in [4.78, 5) is 33.2. The molecule has 9 heteroatoms. The summed E-state index contributed by atoms with van der Waals surface area (Å²) in [5.41, 5.74) is 1.62. The molecule has 0 N–H and O–H groups in total. The lowest BCUT2D eigenvalue weighted by Gasteiger charge is -2.23. The zero-order valence-corrected chi connectivity index (χ0v) is 21.0. The molecule has 1 amide bonds. The Kier molecular flexibility index (Phi) is 6.42.